The number of rotatable bonds is 3. The summed E-state index contributed by atoms with van der Waals surface area (Å²) < 4.78 is 0.776. The van der Waals surface area contributed by atoms with Gasteiger partial charge in [-0.2, -0.15) is 0 Å². The van der Waals surface area contributed by atoms with E-state index in [0.717, 1.165) is 15.0 Å². The maximum Gasteiger partial charge on any atom is 0.180 e. The highest BCUT2D eigenvalue weighted by molar-refractivity contribution is 8.01. The van der Waals surface area contributed by atoms with Gasteiger partial charge in [0.2, 0.25) is 0 Å². The number of aryl methyl sites for hydroxylation is 2. The molecule has 0 aliphatic rings. The second-order valence-corrected chi connectivity index (χ2v) is 5.90. The van der Waals surface area contributed by atoms with Gasteiger partial charge in [0.15, 0.2) is 10.2 Å². The molecule has 0 fully saturated rings. The van der Waals surface area contributed by atoms with Crippen LogP contribution in [0.4, 0.5) is 0 Å². The average molecular weight is 281 g/mol. The third kappa shape index (κ3) is 2.77. The van der Waals surface area contributed by atoms with E-state index >= 15 is 0 Å². The first kappa shape index (κ1) is 12.8. The van der Waals surface area contributed by atoms with Gasteiger partial charge in [0, 0.05) is 5.69 Å². The van der Waals surface area contributed by atoms with Crippen LogP contribution in [-0.2, 0) is 0 Å². The highest BCUT2D eigenvalue weighted by Gasteiger charge is 2.13. The molecule has 0 amide bonds. The first-order valence-electron chi connectivity index (χ1n) is 5.03. The minimum Gasteiger partial charge on any atom is -0.409 e. The summed E-state index contributed by atoms with van der Waals surface area (Å²) in [7, 11) is 0. The SMILES string of the molecule is Cc1ccc(C(N)=NO)c(Sc2nnc(C)s2)n1. The quantitative estimate of drug-likeness (QED) is 0.385. The summed E-state index contributed by atoms with van der Waals surface area (Å²) in [6, 6.07) is 3.58. The standard InChI is InChI=1S/C10H11N5OS2/c1-5-3-4-7(8(11)15-16)9(12-5)18-10-14-13-6(2)17-10/h3-4,16H,1-2H3,(H2,11,15). The number of pyridine rings is 1. The van der Waals surface area contributed by atoms with Crippen LogP contribution in [-0.4, -0.2) is 26.2 Å². The van der Waals surface area contributed by atoms with Crippen LogP contribution in [0.1, 0.15) is 16.3 Å². The number of hydrogen-bond donors (Lipinski definition) is 2. The van der Waals surface area contributed by atoms with E-state index in [1.54, 1.807) is 6.07 Å². The molecule has 0 saturated carbocycles. The lowest BCUT2D eigenvalue weighted by atomic mass is 10.2. The van der Waals surface area contributed by atoms with Crippen LogP contribution in [0.2, 0.25) is 0 Å². The molecule has 0 aliphatic carbocycles. The lowest BCUT2D eigenvalue weighted by Gasteiger charge is -2.05. The van der Waals surface area contributed by atoms with Crippen LogP contribution in [0.3, 0.4) is 0 Å². The van der Waals surface area contributed by atoms with Gasteiger partial charge in [-0.1, -0.05) is 16.5 Å². The number of hydrogen-bond acceptors (Lipinski definition) is 7. The molecular formula is C10H11N5OS2. The van der Waals surface area contributed by atoms with Gasteiger partial charge in [-0.05, 0) is 37.7 Å². The van der Waals surface area contributed by atoms with Gasteiger partial charge >= 0.3 is 0 Å². The molecule has 94 valence electrons. The van der Waals surface area contributed by atoms with Crippen molar-refractivity contribution in [1.29, 1.82) is 0 Å². The van der Waals surface area contributed by atoms with Gasteiger partial charge in [0.25, 0.3) is 0 Å². The fourth-order valence-electron chi connectivity index (χ4n) is 1.26. The Kier molecular flexibility index (Phi) is 3.78. The van der Waals surface area contributed by atoms with E-state index in [0.29, 0.717) is 10.6 Å². The molecule has 0 bridgehead atoms. The van der Waals surface area contributed by atoms with Crippen molar-refractivity contribution in [2.75, 3.05) is 0 Å². The predicted octanol–water partition coefficient (Wildman–Crippen LogP) is 1.80. The number of aromatic nitrogens is 3. The van der Waals surface area contributed by atoms with E-state index in [1.165, 1.54) is 23.1 Å². The molecule has 0 aliphatic heterocycles. The maximum atomic E-state index is 8.75. The van der Waals surface area contributed by atoms with E-state index in [4.69, 9.17) is 10.9 Å². The average Bonchev–Trinajstić information content (AvgIpc) is 2.74. The topological polar surface area (TPSA) is 97.3 Å². The Morgan fingerprint density at radius 1 is 1.39 bits per heavy atom. The highest BCUT2D eigenvalue weighted by Crippen LogP contribution is 2.31. The van der Waals surface area contributed by atoms with Crippen molar-refractivity contribution in [1.82, 2.24) is 15.2 Å². The summed E-state index contributed by atoms with van der Waals surface area (Å²) in [5, 5.41) is 21.3. The normalized spacial score (nSPS) is 11.8. The molecule has 0 spiro atoms. The second kappa shape index (κ2) is 5.32. The predicted molar refractivity (Wildman–Crippen MR) is 70.3 cm³/mol. The van der Waals surface area contributed by atoms with E-state index in [2.05, 4.69) is 20.3 Å². The molecule has 2 aromatic rings. The van der Waals surface area contributed by atoms with Crippen LogP contribution in [0, 0.1) is 13.8 Å². The van der Waals surface area contributed by atoms with Gasteiger partial charge in [-0.15, -0.1) is 10.2 Å². The summed E-state index contributed by atoms with van der Waals surface area (Å²) in [6.07, 6.45) is 0. The molecule has 2 heterocycles. The Labute approximate surface area is 112 Å². The smallest absolute Gasteiger partial charge is 0.180 e. The minimum absolute atomic E-state index is 0.0336. The van der Waals surface area contributed by atoms with E-state index in [-0.39, 0.29) is 5.84 Å². The Bertz CT molecular complexity index is 596. The molecule has 8 heteroatoms. The monoisotopic (exact) mass is 281 g/mol. The number of nitrogens with two attached hydrogens (primary N) is 1. The van der Waals surface area contributed by atoms with Gasteiger partial charge in [-0.25, -0.2) is 4.98 Å². The Morgan fingerprint density at radius 2 is 2.17 bits per heavy atom. The van der Waals surface area contributed by atoms with Crippen molar-refractivity contribution < 1.29 is 5.21 Å². The van der Waals surface area contributed by atoms with E-state index in [1.807, 2.05) is 19.9 Å². The molecule has 2 aromatic heterocycles. The van der Waals surface area contributed by atoms with Crippen LogP contribution < -0.4 is 5.73 Å². The summed E-state index contributed by atoms with van der Waals surface area (Å²) in [5.74, 6) is 0.0336. The molecule has 0 radical (unpaired) electrons. The van der Waals surface area contributed by atoms with Crippen molar-refractivity contribution in [2.24, 2.45) is 10.9 Å². The van der Waals surface area contributed by atoms with Crippen LogP contribution >= 0.6 is 23.1 Å². The summed E-state index contributed by atoms with van der Waals surface area (Å²) >= 11 is 2.83. The van der Waals surface area contributed by atoms with Crippen molar-refractivity contribution in [3.05, 3.63) is 28.4 Å². The van der Waals surface area contributed by atoms with Crippen molar-refractivity contribution in [3.63, 3.8) is 0 Å². The summed E-state index contributed by atoms with van der Waals surface area (Å²) in [5.41, 5.74) is 7.06. The van der Waals surface area contributed by atoms with Gasteiger partial charge < -0.3 is 10.9 Å². The first-order chi connectivity index (χ1) is 8.60. The largest absolute Gasteiger partial charge is 0.409 e. The zero-order chi connectivity index (χ0) is 13.1. The number of oxime groups is 1. The molecule has 6 nitrogen and oxygen atoms in total. The van der Waals surface area contributed by atoms with Crippen molar-refractivity contribution >= 4 is 28.9 Å². The lowest BCUT2D eigenvalue weighted by molar-refractivity contribution is 0.318. The Balaban J connectivity index is 2.39. The first-order valence-corrected chi connectivity index (χ1v) is 6.67. The van der Waals surface area contributed by atoms with Gasteiger partial charge in [0.05, 0.1) is 5.56 Å². The molecule has 0 saturated heterocycles. The second-order valence-electron chi connectivity index (χ2n) is 3.48. The van der Waals surface area contributed by atoms with Gasteiger partial charge in [-0.3, -0.25) is 0 Å². The molecular weight excluding hydrogens is 270 g/mol. The fourth-order valence-corrected chi connectivity index (χ4v) is 3.16. The zero-order valence-electron chi connectivity index (χ0n) is 9.78. The number of nitrogens with zero attached hydrogens (tertiary/aromatic N) is 4. The Morgan fingerprint density at radius 3 is 2.78 bits per heavy atom. The molecule has 18 heavy (non-hydrogen) atoms. The van der Waals surface area contributed by atoms with Crippen LogP contribution in [0.5, 0.6) is 0 Å². The van der Waals surface area contributed by atoms with E-state index < -0.39 is 0 Å². The zero-order valence-corrected chi connectivity index (χ0v) is 11.4. The molecule has 0 unspecified atom stereocenters. The van der Waals surface area contributed by atoms with Crippen LogP contribution in [0.25, 0.3) is 0 Å². The Hall–Kier alpha value is -1.67. The fraction of sp³-hybridized carbons (Fsp3) is 0.200. The summed E-state index contributed by atoms with van der Waals surface area (Å²) in [4.78, 5) is 4.38. The van der Waals surface area contributed by atoms with Crippen molar-refractivity contribution in [3.8, 4) is 0 Å². The molecule has 0 aromatic carbocycles. The van der Waals surface area contributed by atoms with Crippen LogP contribution in [0.15, 0.2) is 26.7 Å². The maximum absolute atomic E-state index is 8.75. The van der Waals surface area contributed by atoms with Crippen molar-refractivity contribution in [2.45, 2.75) is 23.2 Å². The third-order valence-electron chi connectivity index (χ3n) is 2.07. The summed E-state index contributed by atoms with van der Waals surface area (Å²) in [6.45, 7) is 3.77. The third-order valence-corrected chi connectivity index (χ3v) is 3.97. The minimum atomic E-state index is 0.0336. The lowest BCUT2D eigenvalue weighted by Crippen LogP contribution is -2.15. The highest BCUT2D eigenvalue weighted by atomic mass is 32.2. The molecule has 2 rings (SSSR count). The number of amidine groups is 1. The van der Waals surface area contributed by atoms with E-state index in [9.17, 15) is 0 Å². The van der Waals surface area contributed by atoms with Gasteiger partial charge in [0.1, 0.15) is 10.0 Å². The molecule has 0 atom stereocenters. The molecule has 3 N–H and O–H groups in total.